The molecule has 2 heterocycles. The van der Waals surface area contributed by atoms with Gasteiger partial charge in [0.15, 0.2) is 0 Å². The van der Waals surface area contributed by atoms with Crippen LogP contribution in [-0.2, 0) is 17.9 Å². The Balaban J connectivity index is 1.37. The molecule has 1 aliphatic heterocycles. The molecule has 0 spiro atoms. The number of carbonyl (C=O) groups is 2. The van der Waals surface area contributed by atoms with Gasteiger partial charge in [0, 0.05) is 34.7 Å². The first kappa shape index (κ1) is 18.9. The Bertz CT molecular complexity index is 1120. The van der Waals surface area contributed by atoms with Crippen molar-refractivity contribution in [3.8, 4) is 11.3 Å². The van der Waals surface area contributed by atoms with Crippen molar-refractivity contribution >= 4 is 29.2 Å². The van der Waals surface area contributed by atoms with Gasteiger partial charge in [0.25, 0.3) is 5.91 Å². The number of nitrogens with one attached hydrogen (secondary N) is 1. The summed E-state index contributed by atoms with van der Waals surface area (Å²) in [5.74, 6) is 0.801. The van der Waals surface area contributed by atoms with Crippen LogP contribution in [0.3, 0.4) is 0 Å². The molecule has 1 N–H and O–H groups in total. The summed E-state index contributed by atoms with van der Waals surface area (Å²) in [5.41, 5.74) is 3.32. The minimum atomic E-state index is -0.0395. The van der Waals surface area contributed by atoms with Crippen molar-refractivity contribution in [1.82, 2.24) is 15.1 Å². The average molecular weight is 421 g/mol. The highest BCUT2D eigenvalue weighted by atomic mass is 35.5. The molecule has 2 aliphatic rings. The second kappa shape index (κ2) is 7.61. The molecule has 1 saturated carbocycles. The number of aromatic nitrogens is 2. The Kier molecular flexibility index (Phi) is 4.79. The summed E-state index contributed by atoms with van der Waals surface area (Å²) in [5, 5.41) is 8.31. The molecule has 2 aromatic carbocycles. The predicted octanol–water partition coefficient (Wildman–Crippen LogP) is 4.03. The number of halogens is 1. The lowest BCUT2D eigenvalue weighted by Crippen LogP contribution is -2.36. The van der Waals surface area contributed by atoms with E-state index in [0.29, 0.717) is 36.1 Å². The summed E-state index contributed by atoms with van der Waals surface area (Å²) < 4.78 is 1.87. The number of hydrogen-bond acceptors (Lipinski definition) is 3. The molecule has 0 radical (unpaired) electrons. The molecule has 5 rings (SSSR count). The number of hydrogen-bond donors (Lipinski definition) is 1. The van der Waals surface area contributed by atoms with E-state index in [1.807, 2.05) is 59.3 Å². The Hall–Kier alpha value is -3.12. The molecule has 0 bridgehead atoms. The summed E-state index contributed by atoms with van der Waals surface area (Å²) in [6.07, 6.45) is 2.53. The summed E-state index contributed by atoms with van der Waals surface area (Å²) in [6, 6.07) is 17.2. The van der Waals surface area contributed by atoms with Crippen molar-refractivity contribution in [2.24, 2.45) is 0 Å². The molecule has 0 unspecified atom stereocenters. The average Bonchev–Trinajstić information content (AvgIpc) is 3.45. The van der Waals surface area contributed by atoms with E-state index in [2.05, 4.69) is 10.4 Å². The standard InChI is InChI=1S/C23H21ClN4O2/c24-18-3-1-2-17(12-18)20-13-21-27(22(29)10-11-28(21)26-20)14-15-4-6-16(7-5-15)23(30)25-19-8-9-19/h1-7,12-13,19H,8-11,14H2,(H,25,30). The van der Waals surface area contributed by atoms with Crippen molar-refractivity contribution in [2.45, 2.75) is 38.4 Å². The zero-order valence-electron chi connectivity index (χ0n) is 16.3. The highest BCUT2D eigenvalue weighted by Crippen LogP contribution is 2.30. The minimum absolute atomic E-state index is 0.0395. The van der Waals surface area contributed by atoms with Gasteiger partial charge in [0.1, 0.15) is 5.82 Å². The van der Waals surface area contributed by atoms with Gasteiger partial charge in [-0.2, -0.15) is 5.10 Å². The van der Waals surface area contributed by atoms with E-state index in [9.17, 15) is 9.59 Å². The van der Waals surface area contributed by atoms with E-state index < -0.39 is 0 Å². The third-order valence-electron chi connectivity index (χ3n) is 5.46. The Labute approximate surface area is 179 Å². The molecule has 1 aromatic heterocycles. The molecule has 1 aliphatic carbocycles. The molecule has 0 saturated heterocycles. The second-order valence-corrected chi connectivity index (χ2v) is 8.23. The third-order valence-corrected chi connectivity index (χ3v) is 5.70. The number of aryl methyl sites for hydroxylation is 1. The van der Waals surface area contributed by atoms with E-state index in [4.69, 9.17) is 11.6 Å². The van der Waals surface area contributed by atoms with Gasteiger partial charge >= 0.3 is 0 Å². The highest BCUT2D eigenvalue weighted by molar-refractivity contribution is 6.30. The fourth-order valence-electron chi connectivity index (χ4n) is 3.65. The minimum Gasteiger partial charge on any atom is -0.349 e. The second-order valence-electron chi connectivity index (χ2n) is 7.80. The lowest BCUT2D eigenvalue weighted by atomic mass is 10.1. The Morgan fingerprint density at radius 3 is 2.67 bits per heavy atom. The SMILES string of the molecule is O=C(NC1CC1)c1ccc(CN2C(=O)CCn3nc(-c4cccc(Cl)c4)cc32)cc1. The van der Waals surface area contributed by atoms with Crippen LogP contribution in [0.2, 0.25) is 5.02 Å². The van der Waals surface area contributed by atoms with E-state index in [-0.39, 0.29) is 11.8 Å². The topological polar surface area (TPSA) is 67.2 Å². The summed E-state index contributed by atoms with van der Waals surface area (Å²) in [4.78, 5) is 26.6. The largest absolute Gasteiger partial charge is 0.349 e. The normalized spacial score (nSPS) is 15.8. The van der Waals surface area contributed by atoms with E-state index >= 15 is 0 Å². The first-order valence-corrected chi connectivity index (χ1v) is 10.5. The van der Waals surface area contributed by atoms with Crippen molar-refractivity contribution < 1.29 is 9.59 Å². The lowest BCUT2D eigenvalue weighted by Gasteiger charge is -2.27. The number of fused-ring (bicyclic) bond motifs is 1. The zero-order chi connectivity index (χ0) is 20.7. The van der Waals surface area contributed by atoms with Crippen LogP contribution in [0.1, 0.15) is 35.2 Å². The lowest BCUT2D eigenvalue weighted by molar-refractivity contribution is -0.119. The summed E-state index contributed by atoms with van der Waals surface area (Å²) in [6.45, 7) is 0.996. The van der Waals surface area contributed by atoms with Gasteiger partial charge in [-0.15, -0.1) is 0 Å². The van der Waals surface area contributed by atoms with Crippen LogP contribution >= 0.6 is 11.6 Å². The number of carbonyl (C=O) groups excluding carboxylic acids is 2. The van der Waals surface area contributed by atoms with Crippen LogP contribution in [0.25, 0.3) is 11.3 Å². The summed E-state index contributed by atoms with van der Waals surface area (Å²) >= 11 is 6.12. The van der Waals surface area contributed by atoms with Crippen LogP contribution in [0.5, 0.6) is 0 Å². The van der Waals surface area contributed by atoms with Crippen LogP contribution in [-0.4, -0.2) is 27.6 Å². The number of nitrogens with zero attached hydrogens (tertiary/aromatic N) is 3. The van der Waals surface area contributed by atoms with Gasteiger partial charge in [0.05, 0.1) is 18.8 Å². The first-order valence-electron chi connectivity index (χ1n) is 10.1. The molecule has 6 nitrogen and oxygen atoms in total. The van der Waals surface area contributed by atoms with Crippen molar-refractivity contribution in [1.29, 1.82) is 0 Å². The van der Waals surface area contributed by atoms with Gasteiger partial charge in [-0.05, 0) is 42.7 Å². The molecular formula is C23H21ClN4O2. The van der Waals surface area contributed by atoms with Gasteiger partial charge in [-0.25, -0.2) is 4.68 Å². The van der Waals surface area contributed by atoms with Gasteiger partial charge in [0.2, 0.25) is 5.91 Å². The van der Waals surface area contributed by atoms with Crippen LogP contribution in [0.15, 0.2) is 54.6 Å². The maximum Gasteiger partial charge on any atom is 0.251 e. The fourth-order valence-corrected chi connectivity index (χ4v) is 3.84. The van der Waals surface area contributed by atoms with Gasteiger partial charge < -0.3 is 5.32 Å². The van der Waals surface area contributed by atoms with Crippen LogP contribution < -0.4 is 10.2 Å². The summed E-state index contributed by atoms with van der Waals surface area (Å²) in [7, 11) is 0. The molecule has 30 heavy (non-hydrogen) atoms. The smallest absolute Gasteiger partial charge is 0.251 e. The molecule has 1 fully saturated rings. The first-order chi connectivity index (χ1) is 14.6. The number of anilines is 1. The van der Waals surface area contributed by atoms with Gasteiger partial charge in [-0.3, -0.25) is 14.5 Å². The Morgan fingerprint density at radius 1 is 1.13 bits per heavy atom. The number of amides is 2. The van der Waals surface area contributed by atoms with E-state index in [1.54, 1.807) is 4.90 Å². The molecule has 2 amide bonds. The van der Waals surface area contributed by atoms with Crippen LogP contribution in [0, 0.1) is 0 Å². The van der Waals surface area contributed by atoms with Crippen molar-refractivity contribution in [3.05, 3.63) is 70.7 Å². The maximum atomic E-state index is 12.7. The number of rotatable bonds is 5. The quantitative estimate of drug-likeness (QED) is 0.677. The number of benzene rings is 2. The van der Waals surface area contributed by atoms with Crippen molar-refractivity contribution in [2.75, 3.05) is 4.90 Å². The molecular weight excluding hydrogens is 400 g/mol. The molecule has 152 valence electrons. The monoisotopic (exact) mass is 420 g/mol. The highest BCUT2D eigenvalue weighted by Gasteiger charge is 2.27. The maximum absolute atomic E-state index is 12.7. The zero-order valence-corrected chi connectivity index (χ0v) is 17.1. The third kappa shape index (κ3) is 3.83. The van der Waals surface area contributed by atoms with Crippen LogP contribution in [0.4, 0.5) is 5.82 Å². The predicted molar refractivity (Wildman–Crippen MR) is 115 cm³/mol. The Morgan fingerprint density at radius 2 is 1.93 bits per heavy atom. The van der Waals surface area contributed by atoms with Crippen molar-refractivity contribution in [3.63, 3.8) is 0 Å². The van der Waals surface area contributed by atoms with Gasteiger partial charge in [-0.1, -0.05) is 35.9 Å². The van der Waals surface area contributed by atoms with E-state index in [1.165, 1.54) is 0 Å². The fraction of sp³-hybridized carbons (Fsp3) is 0.261. The molecule has 3 aromatic rings. The molecule has 7 heteroatoms. The molecule has 0 atom stereocenters. The van der Waals surface area contributed by atoms with E-state index in [0.717, 1.165) is 35.5 Å².